The number of sulfonamides is 1. The van der Waals surface area contributed by atoms with Crippen molar-refractivity contribution >= 4 is 32.8 Å². The Morgan fingerprint density at radius 3 is 2.74 bits per heavy atom. The van der Waals surface area contributed by atoms with Gasteiger partial charge in [0.1, 0.15) is 23.6 Å². The van der Waals surface area contributed by atoms with Crippen molar-refractivity contribution in [2.75, 3.05) is 6.54 Å². The molecule has 0 saturated carbocycles. The summed E-state index contributed by atoms with van der Waals surface area (Å²) in [5, 5.41) is 19.4. The van der Waals surface area contributed by atoms with Crippen LogP contribution in [-0.4, -0.2) is 58.0 Å². The number of carboxylic acid groups (broad SMARTS) is 1. The van der Waals surface area contributed by atoms with Crippen molar-refractivity contribution in [2.45, 2.75) is 56.3 Å². The summed E-state index contributed by atoms with van der Waals surface area (Å²) in [6, 6.07) is 16.2. The standard InChI is InChI=1S/C30H31N5O6S/c1-30(2,29(37)38)41-23-9-8-20-11-15-35(19-21(20)17-23)28(36)26(12-16-34-14-4-5-22(34)18-31)33-42(39,40)27-7-3-6-25-24(27)10-13-32-25/h3-10,13-14,17,26,32-33H,11-12,15-16,19H2,1-2H3,(H,37,38). The number of benzene rings is 2. The number of aryl methyl sites for hydroxylation is 1. The quantitative estimate of drug-likeness (QED) is 0.256. The minimum Gasteiger partial charge on any atom is -0.478 e. The molecule has 0 aliphatic carbocycles. The Bertz CT molecular complexity index is 1800. The first kappa shape index (κ1) is 28.9. The fraction of sp³-hybridized carbons (Fsp3) is 0.300. The van der Waals surface area contributed by atoms with Crippen LogP contribution >= 0.6 is 0 Å². The zero-order valence-electron chi connectivity index (χ0n) is 23.2. The normalized spacial score (nSPS) is 14.3. The van der Waals surface area contributed by atoms with Crippen LogP contribution in [0.2, 0.25) is 0 Å². The van der Waals surface area contributed by atoms with Gasteiger partial charge in [0, 0.05) is 42.9 Å². The highest BCUT2D eigenvalue weighted by molar-refractivity contribution is 7.89. The van der Waals surface area contributed by atoms with Gasteiger partial charge in [0.25, 0.3) is 0 Å². The highest BCUT2D eigenvalue weighted by Gasteiger charge is 2.33. The second-order valence-corrected chi connectivity index (χ2v) is 12.4. The molecule has 3 N–H and O–H groups in total. The maximum Gasteiger partial charge on any atom is 0.347 e. The third-order valence-electron chi connectivity index (χ3n) is 7.43. The molecule has 4 aromatic rings. The number of fused-ring (bicyclic) bond motifs is 2. The van der Waals surface area contributed by atoms with Crippen LogP contribution in [-0.2, 0) is 39.1 Å². The summed E-state index contributed by atoms with van der Waals surface area (Å²) in [4.78, 5) is 30.2. The van der Waals surface area contributed by atoms with Crippen LogP contribution in [0.3, 0.4) is 0 Å². The molecule has 1 aliphatic heterocycles. The van der Waals surface area contributed by atoms with Crippen LogP contribution in [0, 0.1) is 11.3 Å². The van der Waals surface area contributed by atoms with Gasteiger partial charge in [0.15, 0.2) is 5.60 Å². The number of aromatic amines is 1. The molecule has 1 amide bonds. The fourth-order valence-corrected chi connectivity index (χ4v) is 6.54. The number of nitrogens with zero attached hydrogens (tertiary/aromatic N) is 3. The van der Waals surface area contributed by atoms with Crippen molar-refractivity contribution in [1.82, 2.24) is 19.2 Å². The number of hydrogen-bond acceptors (Lipinski definition) is 6. The largest absolute Gasteiger partial charge is 0.478 e. The molecule has 3 heterocycles. The van der Waals surface area contributed by atoms with E-state index in [1.54, 1.807) is 64.3 Å². The van der Waals surface area contributed by atoms with E-state index < -0.39 is 33.5 Å². The van der Waals surface area contributed by atoms with Gasteiger partial charge in [-0.25, -0.2) is 13.2 Å². The Morgan fingerprint density at radius 1 is 1.17 bits per heavy atom. The molecule has 12 heteroatoms. The average molecular weight is 590 g/mol. The number of ether oxygens (including phenoxy) is 1. The lowest BCUT2D eigenvalue weighted by Gasteiger charge is -2.33. The molecular weight excluding hydrogens is 558 g/mol. The number of rotatable bonds is 10. The van der Waals surface area contributed by atoms with Crippen molar-refractivity contribution in [2.24, 2.45) is 0 Å². The lowest BCUT2D eigenvalue weighted by atomic mass is 9.98. The molecule has 0 bridgehead atoms. The Morgan fingerprint density at radius 2 is 1.98 bits per heavy atom. The molecule has 0 spiro atoms. The third-order valence-corrected chi connectivity index (χ3v) is 8.96. The lowest BCUT2D eigenvalue weighted by molar-refractivity contribution is -0.152. The van der Waals surface area contributed by atoms with Crippen LogP contribution in [0.15, 0.2) is 71.9 Å². The van der Waals surface area contributed by atoms with E-state index in [4.69, 9.17) is 4.74 Å². The summed E-state index contributed by atoms with van der Waals surface area (Å²) in [6.45, 7) is 3.74. The molecule has 0 fully saturated rings. The van der Waals surface area contributed by atoms with Gasteiger partial charge in [-0.1, -0.05) is 12.1 Å². The lowest BCUT2D eigenvalue weighted by Crippen LogP contribution is -2.50. The molecule has 42 heavy (non-hydrogen) atoms. The highest BCUT2D eigenvalue weighted by atomic mass is 32.2. The zero-order chi connectivity index (χ0) is 30.1. The number of carbonyl (C=O) groups excluding carboxylic acids is 1. The summed E-state index contributed by atoms with van der Waals surface area (Å²) >= 11 is 0. The minimum absolute atomic E-state index is 0.0598. The Hall–Kier alpha value is -4.60. The summed E-state index contributed by atoms with van der Waals surface area (Å²) in [5.41, 5.74) is 1.42. The van der Waals surface area contributed by atoms with E-state index in [0.29, 0.717) is 35.3 Å². The van der Waals surface area contributed by atoms with Gasteiger partial charge in [-0.3, -0.25) is 4.79 Å². The number of H-pyrrole nitrogens is 1. The van der Waals surface area contributed by atoms with Gasteiger partial charge < -0.3 is 24.3 Å². The van der Waals surface area contributed by atoms with E-state index in [9.17, 15) is 28.4 Å². The van der Waals surface area contributed by atoms with Crippen molar-refractivity contribution in [1.29, 1.82) is 5.26 Å². The first-order valence-electron chi connectivity index (χ1n) is 13.5. The molecular formula is C30H31N5O6S. The molecule has 11 nitrogen and oxygen atoms in total. The Kier molecular flexibility index (Phi) is 7.81. The molecule has 218 valence electrons. The van der Waals surface area contributed by atoms with Gasteiger partial charge >= 0.3 is 5.97 Å². The van der Waals surface area contributed by atoms with E-state index in [1.807, 2.05) is 6.07 Å². The van der Waals surface area contributed by atoms with Crippen molar-refractivity contribution in [3.8, 4) is 11.8 Å². The van der Waals surface area contributed by atoms with Crippen LogP contribution in [0.5, 0.6) is 5.75 Å². The zero-order valence-corrected chi connectivity index (χ0v) is 24.0. The van der Waals surface area contributed by atoms with E-state index in [2.05, 4.69) is 15.8 Å². The molecule has 2 aromatic heterocycles. The molecule has 1 unspecified atom stereocenters. The topological polar surface area (TPSA) is 158 Å². The highest BCUT2D eigenvalue weighted by Crippen LogP contribution is 2.28. The van der Waals surface area contributed by atoms with Crippen LogP contribution in [0.4, 0.5) is 0 Å². The van der Waals surface area contributed by atoms with Crippen LogP contribution in [0.1, 0.15) is 37.1 Å². The van der Waals surface area contributed by atoms with E-state index >= 15 is 0 Å². The third kappa shape index (κ3) is 5.88. The fourth-order valence-electron chi connectivity index (χ4n) is 5.10. The molecule has 1 atom stereocenters. The van der Waals surface area contributed by atoms with E-state index in [-0.39, 0.29) is 24.4 Å². The van der Waals surface area contributed by atoms with E-state index in [0.717, 1.165) is 11.1 Å². The smallest absolute Gasteiger partial charge is 0.347 e. The average Bonchev–Trinajstić information content (AvgIpc) is 3.63. The molecule has 0 radical (unpaired) electrons. The summed E-state index contributed by atoms with van der Waals surface area (Å²) in [7, 11) is -4.11. The first-order chi connectivity index (χ1) is 20.0. The number of aliphatic carboxylic acids is 1. The van der Waals surface area contributed by atoms with Gasteiger partial charge in [-0.2, -0.15) is 9.98 Å². The SMILES string of the molecule is CC(C)(Oc1ccc2c(c1)CN(C(=O)C(CCn1cccc1C#N)NS(=O)(=O)c1cccc3[nH]ccc13)CC2)C(=O)O. The number of nitrogens with one attached hydrogen (secondary N) is 2. The maximum absolute atomic E-state index is 14.0. The van der Waals surface area contributed by atoms with Crippen molar-refractivity contribution in [3.63, 3.8) is 0 Å². The molecule has 0 saturated heterocycles. The molecule has 1 aliphatic rings. The summed E-state index contributed by atoms with van der Waals surface area (Å²) in [6.07, 6.45) is 4.03. The predicted octanol–water partition coefficient (Wildman–Crippen LogP) is 3.41. The monoisotopic (exact) mass is 589 g/mol. The summed E-state index contributed by atoms with van der Waals surface area (Å²) in [5.74, 6) is -1.14. The molecule has 5 rings (SSSR count). The van der Waals surface area contributed by atoms with Gasteiger partial charge in [-0.15, -0.1) is 0 Å². The number of carboxylic acids is 1. The van der Waals surface area contributed by atoms with E-state index in [1.165, 1.54) is 19.9 Å². The maximum atomic E-state index is 14.0. The van der Waals surface area contributed by atoms with Crippen molar-refractivity contribution in [3.05, 3.63) is 83.8 Å². The van der Waals surface area contributed by atoms with Gasteiger partial charge in [-0.05, 0) is 80.3 Å². The number of nitriles is 1. The number of carbonyl (C=O) groups is 2. The van der Waals surface area contributed by atoms with Gasteiger partial charge in [0.05, 0.1) is 4.90 Å². The second kappa shape index (κ2) is 11.3. The van der Waals surface area contributed by atoms with Crippen LogP contribution in [0.25, 0.3) is 10.9 Å². The first-order valence-corrected chi connectivity index (χ1v) is 14.9. The molecule has 2 aromatic carbocycles. The summed E-state index contributed by atoms with van der Waals surface area (Å²) < 4.78 is 37.3. The Labute approximate surface area is 243 Å². The predicted molar refractivity (Wildman–Crippen MR) is 154 cm³/mol. The van der Waals surface area contributed by atoms with Crippen molar-refractivity contribution < 1.29 is 27.9 Å². The van der Waals surface area contributed by atoms with Gasteiger partial charge in [0.2, 0.25) is 15.9 Å². The Balaban J connectivity index is 1.41. The number of hydrogen-bond donors (Lipinski definition) is 3. The minimum atomic E-state index is -4.11. The second-order valence-electron chi connectivity index (χ2n) is 10.7. The number of amides is 1. The number of aromatic nitrogens is 2. The van der Waals surface area contributed by atoms with Crippen LogP contribution < -0.4 is 9.46 Å².